The Morgan fingerprint density at radius 2 is 2.00 bits per heavy atom. The van der Waals surface area contributed by atoms with E-state index in [-0.39, 0.29) is 25.3 Å². The zero-order valence-corrected chi connectivity index (χ0v) is 8.55. The van der Waals surface area contributed by atoms with Gasteiger partial charge in [-0.2, -0.15) is 13.2 Å². The molecule has 0 aliphatic rings. The first kappa shape index (κ1) is 14.2. The number of carboxylic acids is 1. The van der Waals surface area contributed by atoms with Gasteiger partial charge in [0.2, 0.25) is 0 Å². The summed E-state index contributed by atoms with van der Waals surface area (Å²) < 4.78 is 35.9. The lowest BCUT2D eigenvalue weighted by atomic mass is 9.91. The molecule has 2 atom stereocenters. The van der Waals surface area contributed by atoms with E-state index in [9.17, 15) is 18.0 Å². The van der Waals surface area contributed by atoms with Gasteiger partial charge < -0.3 is 10.8 Å². The average Bonchev–Trinajstić information content (AvgIpc) is 1.98. The lowest BCUT2D eigenvalue weighted by Crippen LogP contribution is -2.22. The third-order valence-corrected chi connectivity index (χ3v) is 2.11. The topological polar surface area (TPSA) is 63.3 Å². The first-order valence-electron chi connectivity index (χ1n) is 4.73. The molecule has 1 unspecified atom stereocenters. The van der Waals surface area contributed by atoms with E-state index < -0.39 is 24.5 Å². The molecule has 3 N–H and O–H groups in total. The molecule has 0 saturated carbocycles. The highest BCUT2D eigenvalue weighted by atomic mass is 19.4. The summed E-state index contributed by atoms with van der Waals surface area (Å²) in [6.45, 7) is 1.56. The fourth-order valence-electron chi connectivity index (χ4n) is 1.56. The minimum atomic E-state index is -4.19. The Bertz CT molecular complexity index is 206. The third kappa shape index (κ3) is 8.23. The molecule has 0 saturated heterocycles. The number of alkyl halides is 3. The summed E-state index contributed by atoms with van der Waals surface area (Å²) in [5.74, 6) is -1.98. The minimum absolute atomic E-state index is 0.106. The number of hydrogen-bond donors (Lipinski definition) is 2. The summed E-state index contributed by atoms with van der Waals surface area (Å²) in [7, 11) is 0. The maximum atomic E-state index is 12.0. The molecule has 15 heavy (non-hydrogen) atoms. The smallest absolute Gasteiger partial charge is 0.389 e. The molecule has 0 fully saturated rings. The molecule has 0 aromatic heterocycles. The van der Waals surface area contributed by atoms with Gasteiger partial charge in [0.05, 0.1) is 0 Å². The Labute approximate surface area is 86.5 Å². The van der Waals surface area contributed by atoms with Crippen LogP contribution in [0.2, 0.25) is 0 Å². The van der Waals surface area contributed by atoms with E-state index in [0.717, 1.165) is 0 Å². The lowest BCUT2D eigenvalue weighted by Gasteiger charge is -2.19. The van der Waals surface area contributed by atoms with Crippen molar-refractivity contribution < 1.29 is 23.1 Å². The second-order valence-corrected chi connectivity index (χ2v) is 3.86. The first-order chi connectivity index (χ1) is 6.74. The van der Waals surface area contributed by atoms with E-state index in [1.807, 2.05) is 0 Å². The largest absolute Gasteiger partial charge is 0.481 e. The summed E-state index contributed by atoms with van der Waals surface area (Å²) in [4.78, 5) is 10.4. The number of aliphatic carboxylic acids is 1. The molecule has 90 valence electrons. The minimum Gasteiger partial charge on any atom is -0.481 e. The Morgan fingerprint density at radius 3 is 2.33 bits per heavy atom. The quantitative estimate of drug-likeness (QED) is 0.729. The standard InChI is InChI=1S/C9H16F3NO2/c1-6(4-9(10,11)12)2-7(5-13)3-8(14)15/h6-7H,2-5,13H2,1H3,(H,14,15)/t6?,7-/m0/s1. The highest BCUT2D eigenvalue weighted by molar-refractivity contribution is 5.67. The summed E-state index contributed by atoms with van der Waals surface area (Å²) in [6.07, 6.45) is -5.05. The van der Waals surface area contributed by atoms with Gasteiger partial charge in [0.15, 0.2) is 0 Å². The number of rotatable bonds is 6. The summed E-state index contributed by atoms with van der Waals surface area (Å²) in [5, 5.41) is 8.48. The van der Waals surface area contributed by atoms with Crippen LogP contribution >= 0.6 is 0 Å². The van der Waals surface area contributed by atoms with Crippen LogP contribution in [0.5, 0.6) is 0 Å². The van der Waals surface area contributed by atoms with Crippen molar-refractivity contribution in [3.05, 3.63) is 0 Å². The van der Waals surface area contributed by atoms with Crippen molar-refractivity contribution in [3.8, 4) is 0 Å². The van der Waals surface area contributed by atoms with Crippen molar-refractivity contribution in [2.45, 2.75) is 32.4 Å². The number of carboxylic acid groups (broad SMARTS) is 1. The van der Waals surface area contributed by atoms with Gasteiger partial charge in [-0.3, -0.25) is 4.79 Å². The monoisotopic (exact) mass is 227 g/mol. The third-order valence-electron chi connectivity index (χ3n) is 2.11. The fourth-order valence-corrected chi connectivity index (χ4v) is 1.56. The summed E-state index contributed by atoms with van der Waals surface area (Å²) in [5.41, 5.74) is 5.29. The van der Waals surface area contributed by atoms with Gasteiger partial charge in [0.25, 0.3) is 0 Å². The second-order valence-electron chi connectivity index (χ2n) is 3.86. The molecule has 0 aliphatic heterocycles. The second kappa shape index (κ2) is 5.95. The Kier molecular flexibility index (Phi) is 5.64. The molecular weight excluding hydrogens is 211 g/mol. The van der Waals surface area contributed by atoms with Crippen LogP contribution in [-0.4, -0.2) is 23.8 Å². The van der Waals surface area contributed by atoms with Gasteiger partial charge in [-0.05, 0) is 24.8 Å². The molecule has 0 heterocycles. The normalized spacial score (nSPS) is 16.1. The molecule has 0 aromatic carbocycles. The SMILES string of the molecule is CC(C[C@H](CN)CC(=O)O)CC(F)(F)F. The molecule has 6 heteroatoms. The van der Waals surface area contributed by atoms with Crippen LogP contribution < -0.4 is 5.73 Å². The van der Waals surface area contributed by atoms with E-state index in [4.69, 9.17) is 10.8 Å². The van der Waals surface area contributed by atoms with Crippen LogP contribution in [0, 0.1) is 11.8 Å². The van der Waals surface area contributed by atoms with E-state index >= 15 is 0 Å². The molecule has 0 aromatic rings. The number of nitrogens with two attached hydrogens (primary N) is 1. The molecule has 0 rings (SSSR count). The molecule has 3 nitrogen and oxygen atoms in total. The lowest BCUT2D eigenvalue weighted by molar-refractivity contribution is -0.144. The van der Waals surface area contributed by atoms with Gasteiger partial charge in [0, 0.05) is 12.8 Å². The van der Waals surface area contributed by atoms with E-state index in [1.54, 1.807) is 0 Å². The summed E-state index contributed by atoms with van der Waals surface area (Å²) in [6, 6.07) is 0. The van der Waals surface area contributed by atoms with Crippen molar-refractivity contribution in [1.82, 2.24) is 0 Å². The van der Waals surface area contributed by atoms with Gasteiger partial charge in [-0.25, -0.2) is 0 Å². The van der Waals surface area contributed by atoms with Gasteiger partial charge in [-0.1, -0.05) is 6.92 Å². The van der Waals surface area contributed by atoms with Crippen molar-refractivity contribution >= 4 is 5.97 Å². The maximum Gasteiger partial charge on any atom is 0.389 e. The molecule has 0 amide bonds. The van der Waals surface area contributed by atoms with Gasteiger partial charge in [-0.15, -0.1) is 0 Å². The average molecular weight is 227 g/mol. The Balaban J connectivity index is 4.01. The van der Waals surface area contributed by atoms with Gasteiger partial charge in [0.1, 0.15) is 0 Å². The molecule has 0 spiro atoms. The van der Waals surface area contributed by atoms with Crippen LogP contribution in [-0.2, 0) is 4.79 Å². The van der Waals surface area contributed by atoms with Crippen LogP contribution in [0.3, 0.4) is 0 Å². The van der Waals surface area contributed by atoms with Crippen molar-refractivity contribution in [3.63, 3.8) is 0 Å². The number of hydrogen-bond acceptors (Lipinski definition) is 2. The Hall–Kier alpha value is -0.780. The van der Waals surface area contributed by atoms with E-state index in [2.05, 4.69) is 0 Å². The molecule has 0 bridgehead atoms. The first-order valence-corrected chi connectivity index (χ1v) is 4.73. The highest BCUT2D eigenvalue weighted by Crippen LogP contribution is 2.28. The highest BCUT2D eigenvalue weighted by Gasteiger charge is 2.30. The van der Waals surface area contributed by atoms with Crippen LogP contribution in [0.15, 0.2) is 0 Å². The van der Waals surface area contributed by atoms with E-state index in [0.29, 0.717) is 0 Å². The van der Waals surface area contributed by atoms with Crippen LogP contribution in [0.4, 0.5) is 13.2 Å². The van der Waals surface area contributed by atoms with Crippen molar-refractivity contribution in [1.29, 1.82) is 0 Å². The molecule has 0 radical (unpaired) electrons. The predicted molar refractivity (Wildman–Crippen MR) is 49.3 cm³/mol. The van der Waals surface area contributed by atoms with Crippen molar-refractivity contribution in [2.24, 2.45) is 17.6 Å². The fraction of sp³-hybridized carbons (Fsp3) is 0.889. The molecular formula is C9H16F3NO2. The zero-order chi connectivity index (χ0) is 12.1. The van der Waals surface area contributed by atoms with Gasteiger partial charge >= 0.3 is 12.1 Å². The van der Waals surface area contributed by atoms with Crippen molar-refractivity contribution in [2.75, 3.05) is 6.54 Å². The number of carbonyl (C=O) groups is 1. The predicted octanol–water partition coefficient (Wildman–Crippen LogP) is 2.01. The summed E-state index contributed by atoms with van der Waals surface area (Å²) >= 11 is 0. The molecule has 0 aliphatic carbocycles. The van der Waals surface area contributed by atoms with Crippen LogP contribution in [0.25, 0.3) is 0 Å². The van der Waals surface area contributed by atoms with E-state index in [1.165, 1.54) is 6.92 Å². The number of halogens is 3. The maximum absolute atomic E-state index is 12.0. The zero-order valence-electron chi connectivity index (χ0n) is 8.55. The van der Waals surface area contributed by atoms with Crippen LogP contribution in [0.1, 0.15) is 26.2 Å². The Morgan fingerprint density at radius 1 is 1.47 bits per heavy atom.